The SMILES string of the molecule is CC[N+]1(CC)OC(CS)=C[C-]1C.NC(=O)O. The highest BCUT2D eigenvalue weighted by Crippen LogP contribution is 2.32. The van der Waals surface area contributed by atoms with Gasteiger partial charge in [0.2, 0.25) is 0 Å². The molecule has 0 bridgehead atoms. The summed E-state index contributed by atoms with van der Waals surface area (Å²) in [6, 6.07) is 1.28. The summed E-state index contributed by atoms with van der Waals surface area (Å²) in [6.45, 7) is 8.36. The molecule has 1 amide bonds. The van der Waals surface area contributed by atoms with Gasteiger partial charge in [-0.05, 0) is 19.6 Å². The maximum Gasteiger partial charge on any atom is 0.402 e. The van der Waals surface area contributed by atoms with E-state index in [-0.39, 0.29) is 0 Å². The van der Waals surface area contributed by atoms with Gasteiger partial charge in [0.05, 0.1) is 0 Å². The molecule has 1 aliphatic rings. The van der Waals surface area contributed by atoms with Crippen molar-refractivity contribution in [2.24, 2.45) is 5.73 Å². The van der Waals surface area contributed by atoms with Crippen LogP contribution in [0.5, 0.6) is 0 Å². The third-order valence-corrected chi connectivity index (χ3v) is 2.79. The van der Waals surface area contributed by atoms with Gasteiger partial charge in [0.25, 0.3) is 0 Å². The first-order chi connectivity index (χ1) is 7.41. The van der Waals surface area contributed by atoms with Crippen LogP contribution < -0.4 is 5.73 Å². The number of primary amides is 1. The van der Waals surface area contributed by atoms with Crippen LogP contribution in [0.15, 0.2) is 11.8 Å². The molecule has 0 spiro atoms. The quantitative estimate of drug-likeness (QED) is 0.405. The van der Waals surface area contributed by atoms with Crippen LogP contribution in [-0.2, 0) is 4.84 Å². The van der Waals surface area contributed by atoms with Crippen molar-refractivity contribution in [3.05, 3.63) is 17.9 Å². The Labute approximate surface area is 102 Å². The van der Waals surface area contributed by atoms with Crippen LogP contribution in [0, 0.1) is 6.04 Å². The molecule has 5 nitrogen and oxygen atoms in total. The van der Waals surface area contributed by atoms with Crippen molar-refractivity contribution in [1.29, 1.82) is 0 Å². The van der Waals surface area contributed by atoms with E-state index in [1.54, 1.807) is 0 Å². The summed E-state index contributed by atoms with van der Waals surface area (Å²) in [5, 5.41) is 7.19. The van der Waals surface area contributed by atoms with E-state index in [1.165, 1.54) is 6.04 Å². The summed E-state index contributed by atoms with van der Waals surface area (Å²) in [5.74, 6) is 1.68. The maximum atomic E-state index is 8.78. The summed E-state index contributed by atoms with van der Waals surface area (Å²) >= 11 is 4.20. The topological polar surface area (TPSA) is 72.5 Å². The lowest BCUT2D eigenvalue weighted by molar-refractivity contribution is -1.07. The molecule has 16 heavy (non-hydrogen) atoms. The van der Waals surface area contributed by atoms with Gasteiger partial charge in [-0.25, -0.2) is 4.79 Å². The normalized spacial score (nSPS) is 17.0. The molecule has 1 aliphatic heterocycles. The van der Waals surface area contributed by atoms with E-state index < -0.39 is 6.09 Å². The highest BCUT2D eigenvalue weighted by atomic mass is 32.1. The van der Waals surface area contributed by atoms with E-state index >= 15 is 0 Å². The number of amides is 1. The molecule has 0 unspecified atom stereocenters. The molecule has 0 atom stereocenters. The largest absolute Gasteiger partial charge is 0.465 e. The zero-order chi connectivity index (χ0) is 12.8. The molecule has 1 rings (SSSR count). The van der Waals surface area contributed by atoms with Crippen LogP contribution >= 0.6 is 12.6 Å². The van der Waals surface area contributed by atoms with Gasteiger partial charge >= 0.3 is 6.09 Å². The van der Waals surface area contributed by atoms with Crippen LogP contribution in [0.2, 0.25) is 0 Å². The predicted octanol–water partition coefficient (Wildman–Crippen LogP) is 1.78. The average molecular weight is 248 g/mol. The summed E-state index contributed by atoms with van der Waals surface area (Å²) in [4.78, 5) is 14.6. The number of nitrogens with two attached hydrogens (primary N) is 1. The number of likely N-dealkylation sites (N-methyl/N-ethyl adjacent to an activating group) is 1. The lowest BCUT2D eigenvalue weighted by Crippen LogP contribution is -2.45. The van der Waals surface area contributed by atoms with Crippen molar-refractivity contribution in [1.82, 2.24) is 0 Å². The number of nitrogens with zero attached hydrogens (tertiary/aromatic N) is 1. The van der Waals surface area contributed by atoms with Crippen molar-refractivity contribution in [3.8, 4) is 0 Å². The second kappa shape index (κ2) is 6.55. The molecular weight excluding hydrogens is 228 g/mol. The molecule has 0 radical (unpaired) electrons. The highest BCUT2D eigenvalue weighted by Gasteiger charge is 2.30. The fourth-order valence-corrected chi connectivity index (χ4v) is 1.75. The predicted molar refractivity (Wildman–Crippen MR) is 65.5 cm³/mol. The Bertz CT molecular complexity index is 261. The van der Waals surface area contributed by atoms with Gasteiger partial charge in [0.1, 0.15) is 13.1 Å². The number of hydrogen-bond acceptors (Lipinski definition) is 3. The van der Waals surface area contributed by atoms with Gasteiger partial charge < -0.3 is 15.7 Å². The summed E-state index contributed by atoms with van der Waals surface area (Å²) in [6.07, 6.45) is 0.764. The zero-order valence-electron chi connectivity index (χ0n) is 9.93. The van der Waals surface area contributed by atoms with Crippen LogP contribution in [0.3, 0.4) is 0 Å². The molecule has 0 saturated heterocycles. The Hall–Kier alpha value is -1.01. The number of hydroxylamine groups is 3. The first kappa shape index (κ1) is 15.0. The van der Waals surface area contributed by atoms with Crippen LogP contribution in [0.1, 0.15) is 20.8 Å². The van der Waals surface area contributed by atoms with Crippen LogP contribution in [0.4, 0.5) is 4.79 Å². The Morgan fingerprint density at radius 3 is 2.25 bits per heavy atom. The van der Waals surface area contributed by atoms with Crippen LogP contribution in [-0.4, -0.2) is 34.7 Å². The average Bonchev–Trinajstić information content (AvgIpc) is 2.55. The first-order valence-electron chi connectivity index (χ1n) is 5.12. The van der Waals surface area contributed by atoms with Crippen molar-refractivity contribution >= 4 is 18.7 Å². The standard InChI is InChI=1S/C9H17NOS.CH3NO2/c1-4-10(5-2)8(3)6-9(7-12)11-10;2-1(3)4/h6,12H,4-5,7H2,1-3H3;2H2,(H,3,4). The van der Waals surface area contributed by atoms with Gasteiger partial charge in [0, 0.05) is 11.8 Å². The second-order valence-corrected chi connectivity index (χ2v) is 3.68. The maximum absolute atomic E-state index is 8.78. The zero-order valence-corrected chi connectivity index (χ0v) is 10.8. The molecule has 94 valence electrons. The molecule has 0 aromatic rings. The van der Waals surface area contributed by atoms with Gasteiger partial charge in [-0.15, -0.1) is 6.08 Å². The van der Waals surface area contributed by atoms with Crippen molar-refractivity contribution in [2.75, 3.05) is 18.8 Å². The monoisotopic (exact) mass is 248 g/mol. The number of hydrogen-bond donors (Lipinski definition) is 3. The number of quaternary nitrogens is 1. The minimum Gasteiger partial charge on any atom is -0.465 e. The molecule has 1 heterocycles. The third-order valence-electron chi connectivity index (χ3n) is 2.48. The number of carbonyl (C=O) groups is 1. The van der Waals surface area contributed by atoms with Gasteiger partial charge in [-0.2, -0.15) is 17.3 Å². The minimum atomic E-state index is -1.33. The van der Waals surface area contributed by atoms with E-state index in [4.69, 9.17) is 14.7 Å². The fraction of sp³-hybridized carbons (Fsp3) is 0.600. The first-order valence-corrected chi connectivity index (χ1v) is 5.75. The summed E-state index contributed by atoms with van der Waals surface area (Å²) < 4.78 is 0.649. The second-order valence-electron chi connectivity index (χ2n) is 3.36. The number of rotatable bonds is 3. The molecule has 0 aliphatic carbocycles. The molecular formula is C10H20N2O3S. The van der Waals surface area contributed by atoms with E-state index in [1.807, 2.05) is 0 Å². The lowest BCUT2D eigenvalue weighted by atomic mass is 10.2. The Kier molecular flexibility index (Phi) is 6.13. The van der Waals surface area contributed by atoms with Crippen LogP contribution in [0.25, 0.3) is 0 Å². The fourth-order valence-electron chi connectivity index (χ4n) is 1.60. The molecule has 0 saturated carbocycles. The van der Waals surface area contributed by atoms with Gasteiger partial charge in [0.15, 0.2) is 0 Å². The van der Waals surface area contributed by atoms with E-state index in [0.717, 1.165) is 18.8 Å². The summed E-state index contributed by atoms with van der Waals surface area (Å²) in [5.41, 5.74) is 4.03. The van der Waals surface area contributed by atoms with Crippen molar-refractivity contribution < 1.29 is 19.4 Å². The molecule has 0 aromatic heterocycles. The summed E-state index contributed by atoms with van der Waals surface area (Å²) in [7, 11) is 0. The van der Waals surface area contributed by atoms with E-state index in [2.05, 4.69) is 45.2 Å². The lowest BCUT2D eigenvalue weighted by Gasteiger charge is -2.40. The molecule has 0 aromatic carbocycles. The van der Waals surface area contributed by atoms with E-state index in [0.29, 0.717) is 10.4 Å². The Morgan fingerprint density at radius 2 is 2.06 bits per heavy atom. The smallest absolute Gasteiger partial charge is 0.402 e. The Morgan fingerprint density at radius 1 is 1.62 bits per heavy atom. The van der Waals surface area contributed by atoms with Crippen molar-refractivity contribution in [3.63, 3.8) is 0 Å². The van der Waals surface area contributed by atoms with Gasteiger partial charge in [-0.3, -0.25) is 0 Å². The number of carboxylic acid groups (broad SMARTS) is 1. The molecule has 6 heteroatoms. The molecule has 0 fully saturated rings. The minimum absolute atomic E-state index is 0.649. The number of thiol groups is 1. The van der Waals surface area contributed by atoms with E-state index in [9.17, 15) is 0 Å². The third kappa shape index (κ3) is 3.86. The van der Waals surface area contributed by atoms with Gasteiger partial charge in [-0.1, -0.05) is 6.92 Å². The Balaban J connectivity index is 0.000000487. The van der Waals surface area contributed by atoms with Crippen molar-refractivity contribution in [2.45, 2.75) is 20.8 Å². The molecule has 3 N–H and O–H groups in total. The highest BCUT2D eigenvalue weighted by molar-refractivity contribution is 7.80.